The van der Waals surface area contributed by atoms with Crippen LogP contribution in [0, 0.1) is 0 Å². The second-order valence-corrected chi connectivity index (χ2v) is 9.70. The third-order valence-corrected chi connectivity index (χ3v) is 7.67. The molecule has 37 heavy (non-hydrogen) atoms. The van der Waals surface area contributed by atoms with E-state index < -0.39 is 5.97 Å². The van der Waals surface area contributed by atoms with Crippen molar-refractivity contribution in [2.75, 3.05) is 20.8 Å². The third-order valence-electron chi connectivity index (χ3n) is 7.67. The fourth-order valence-electron chi connectivity index (χ4n) is 5.89. The van der Waals surface area contributed by atoms with E-state index in [1.54, 1.807) is 14.2 Å². The number of benzene rings is 3. The summed E-state index contributed by atoms with van der Waals surface area (Å²) in [7, 11) is 3.34. The Labute approximate surface area is 215 Å². The highest BCUT2D eigenvalue weighted by Crippen LogP contribution is 2.45. The molecular weight excluding hydrogens is 468 g/mol. The van der Waals surface area contributed by atoms with Gasteiger partial charge >= 0.3 is 5.97 Å². The lowest BCUT2D eigenvalue weighted by atomic mass is 9.85. The molecule has 0 bridgehead atoms. The van der Waals surface area contributed by atoms with Crippen molar-refractivity contribution in [1.82, 2.24) is 9.47 Å². The van der Waals surface area contributed by atoms with Crippen molar-refractivity contribution in [3.8, 4) is 17.2 Å². The summed E-state index contributed by atoms with van der Waals surface area (Å²) in [6.07, 6.45) is 1.70. The summed E-state index contributed by atoms with van der Waals surface area (Å²) >= 11 is 0. The van der Waals surface area contributed by atoms with Gasteiger partial charge in [-0.25, -0.2) is 0 Å². The normalized spacial score (nSPS) is 16.5. The van der Waals surface area contributed by atoms with Crippen LogP contribution in [0.15, 0.2) is 60.7 Å². The topological polar surface area (TPSA) is 73.2 Å². The third kappa shape index (κ3) is 4.19. The Balaban J connectivity index is 1.40. The first-order valence-corrected chi connectivity index (χ1v) is 12.6. The molecule has 0 saturated carbocycles. The average Bonchev–Trinajstić information content (AvgIpc) is 3.21. The summed E-state index contributed by atoms with van der Waals surface area (Å²) in [6, 6.07) is 20.5. The van der Waals surface area contributed by atoms with E-state index in [0.29, 0.717) is 13.2 Å². The van der Waals surface area contributed by atoms with Gasteiger partial charge in [0, 0.05) is 35.7 Å². The molecule has 2 aliphatic rings. The molecule has 0 radical (unpaired) electrons. The molecule has 1 atom stereocenters. The zero-order valence-corrected chi connectivity index (χ0v) is 21.1. The number of carboxylic acid groups (broad SMARTS) is 1. The summed E-state index contributed by atoms with van der Waals surface area (Å²) in [6.45, 7) is 2.03. The highest BCUT2D eigenvalue weighted by atomic mass is 16.5. The van der Waals surface area contributed by atoms with Crippen LogP contribution in [0.4, 0.5) is 0 Å². The summed E-state index contributed by atoms with van der Waals surface area (Å²) in [4.78, 5) is 14.2. The lowest BCUT2D eigenvalue weighted by molar-refractivity contribution is -0.137. The number of hydrogen-bond acceptors (Lipinski definition) is 5. The van der Waals surface area contributed by atoms with Gasteiger partial charge in [0.15, 0.2) is 11.5 Å². The monoisotopic (exact) mass is 498 g/mol. The van der Waals surface area contributed by atoms with Gasteiger partial charge < -0.3 is 23.9 Å². The van der Waals surface area contributed by atoms with Crippen molar-refractivity contribution in [3.05, 3.63) is 88.6 Å². The largest absolute Gasteiger partial charge is 0.497 e. The predicted molar refractivity (Wildman–Crippen MR) is 140 cm³/mol. The molecule has 7 nitrogen and oxygen atoms in total. The van der Waals surface area contributed by atoms with Gasteiger partial charge in [0.2, 0.25) is 0 Å². The molecule has 190 valence electrons. The standard InChI is InChI=1S/C30H30N2O5/c1-35-21-8-9-25-23(13-21)24-14-26-22-15-29(37-18-19-6-4-3-5-7-19)28(36-2)12-20(22)10-11-31(26)16-27(24)32(25)17-30(33)34/h3-9,12-13,15,26H,10-11,14,16-18H2,1-2H3,(H,33,34). The molecule has 6 rings (SSSR count). The zero-order chi connectivity index (χ0) is 25.5. The van der Waals surface area contributed by atoms with Crippen LogP contribution in [0.1, 0.15) is 34.0 Å². The molecule has 0 fully saturated rings. The first-order chi connectivity index (χ1) is 18.1. The summed E-state index contributed by atoms with van der Waals surface area (Å²) in [5.74, 6) is 1.43. The molecule has 0 amide bonds. The molecule has 1 unspecified atom stereocenters. The van der Waals surface area contributed by atoms with E-state index in [1.165, 1.54) is 16.7 Å². The Morgan fingerprint density at radius 3 is 2.62 bits per heavy atom. The van der Waals surface area contributed by atoms with Gasteiger partial charge in [0.1, 0.15) is 18.9 Å². The van der Waals surface area contributed by atoms with Crippen molar-refractivity contribution in [2.45, 2.75) is 38.6 Å². The summed E-state index contributed by atoms with van der Waals surface area (Å²) in [5.41, 5.74) is 6.86. The number of ether oxygens (including phenoxy) is 3. The van der Waals surface area contributed by atoms with E-state index in [2.05, 4.69) is 29.2 Å². The van der Waals surface area contributed by atoms with E-state index in [1.807, 2.05) is 41.0 Å². The van der Waals surface area contributed by atoms with Crippen molar-refractivity contribution in [1.29, 1.82) is 0 Å². The van der Waals surface area contributed by atoms with Crippen molar-refractivity contribution >= 4 is 16.9 Å². The second kappa shape index (κ2) is 9.48. The molecule has 3 heterocycles. The Hall–Kier alpha value is -3.97. The minimum Gasteiger partial charge on any atom is -0.497 e. The number of aliphatic carboxylic acids is 1. The molecule has 1 aromatic heterocycles. The Morgan fingerprint density at radius 2 is 1.86 bits per heavy atom. The minimum absolute atomic E-state index is 0.0536. The maximum atomic E-state index is 11.7. The van der Waals surface area contributed by atoms with Crippen LogP contribution in [-0.4, -0.2) is 41.3 Å². The van der Waals surface area contributed by atoms with Gasteiger partial charge in [0.25, 0.3) is 0 Å². The van der Waals surface area contributed by atoms with E-state index in [4.69, 9.17) is 14.2 Å². The van der Waals surface area contributed by atoms with E-state index in [9.17, 15) is 9.90 Å². The van der Waals surface area contributed by atoms with E-state index in [0.717, 1.165) is 58.8 Å². The van der Waals surface area contributed by atoms with Crippen LogP contribution >= 0.6 is 0 Å². The summed E-state index contributed by atoms with van der Waals surface area (Å²) < 4.78 is 19.4. The Morgan fingerprint density at radius 1 is 1.03 bits per heavy atom. The van der Waals surface area contributed by atoms with Crippen LogP contribution in [0.5, 0.6) is 17.2 Å². The number of methoxy groups -OCH3 is 2. The number of nitrogens with zero attached hydrogens (tertiary/aromatic N) is 2. The number of aromatic nitrogens is 1. The fourth-order valence-corrected chi connectivity index (χ4v) is 5.89. The van der Waals surface area contributed by atoms with E-state index in [-0.39, 0.29) is 12.6 Å². The highest BCUT2D eigenvalue weighted by molar-refractivity contribution is 5.88. The smallest absolute Gasteiger partial charge is 0.323 e. The SMILES string of the molecule is COc1ccc2c(c1)c1c(n2CC(=O)O)CN2CCc3cc(OC)c(OCc4ccccc4)cc3C2C1. The molecule has 0 spiro atoms. The predicted octanol–water partition coefficient (Wildman–Crippen LogP) is 4.98. The Bertz CT molecular complexity index is 1480. The van der Waals surface area contributed by atoms with E-state index >= 15 is 0 Å². The van der Waals surface area contributed by atoms with Gasteiger partial charge in [-0.1, -0.05) is 30.3 Å². The van der Waals surface area contributed by atoms with Crippen LogP contribution < -0.4 is 14.2 Å². The summed E-state index contributed by atoms with van der Waals surface area (Å²) in [5, 5.41) is 10.7. The molecule has 1 N–H and O–H groups in total. The van der Waals surface area contributed by atoms with Crippen molar-refractivity contribution < 1.29 is 24.1 Å². The van der Waals surface area contributed by atoms with Crippen molar-refractivity contribution in [2.24, 2.45) is 0 Å². The van der Waals surface area contributed by atoms with Crippen LogP contribution in [0.2, 0.25) is 0 Å². The van der Waals surface area contributed by atoms with Gasteiger partial charge in [-0.2, -0.15) is 0 Å². The number of carboxylic acids is 1. The number of rotatable bonds is 7. The number of fused-ring (bicyclic) bond motifs is 6. The lowest BCUT2D eigenvalue weighted by Crippen LogP contribution is -2.40. The van der Waals surface area contributed by atoms with Crippen LogP contribution in [0.25, 0.3) is 10.9 Å². The maximum absolute atomic E-state index is 11.7. The number of hydrogen-bond donors (Lipinski definition) is 1. The van der Waals surface area contributed by atoms with Gasteiger partial charge in [-0.05, 0) is 65.4 Å². The molecule has 4 aromatic rings. The first kappa shape index (κ1) is 23.4. The first-order valence-electron chi connectivity index (χ1n) is 12.6. The molecule has 7 heteroatoms. The lowest BCUT2D eigenvalue weighted by Gasteiger charge is -2.41. The molecule has 0 aliphatic carbocycles. The molecule has 3 aromatic carbocycles. The molecule has 2 aliphatic heterocycles. The molecular formula is C30H30N2O5. The average molecular weight is 499 g/mol. The molecule has 0 saturated heterocycles. The number of carbonyl (C=O) groups is 1. The van der Waals surface area contributed by atoms with Gasteiger partial charge in [-0.3, -0.25) is 9.69 Å². The Kier molecular flexibility index (Phi) is 6.00. The van der Waals surface area contributed by atoms with Crippen LogP contribution in [-0.2, 0) is 37.3 Å². The van der Waals surface area contributed by atoms with Crippen molar-refractivity contribution in [3.63, 3.8) is 0 Å². The zero-order valence-electron chi connectivity index (χ0n) is 21.1. The van der Waals surface area contributed by atoms with Gasteiger partial charge in [0.05, 0.1) is 14.2 Å². The minimum atomic E-state index is -0.839. The van der Waals surface area contributed by atoms with Crippen LogP contribution in [0.3, 0.4) is 0 Å². The maximum Gasteiger partial charge on any atom is 0.323 e. The van der Waals surface area contributed by atoms with Gasteiger partial charge in [-0.15, -0.1) is 0 Å². The second-order valence-electron chi connectivity index (χ2n) is 9.70. The fraction of sp³-hybridized carbons (Fsp3) is 0.300. The highest BCUT2D eigenvalue weighted by Gasteiger charge is 2.36. The quantitative estimate of drug-likeness (QED) is 0.388.